The molecule has 3 aliphatic heterocycles. The lowest BCUT2D eigenvalue weighted by molar-refractivity contribution is -0.140. The third-order valence-electron chi connectivity index (χ3n) is 7.27. The van der Waals surface area contributed by atoms with E-state index in [0.29, 0.717) is 54.1 Å². The van der Waals surface area contributed by atoms with Crippen molar-refractivity contribution in [3.63, 3.8) is 0 Å². The lowest BCUT2D eigenvalue weighted by Crippen LogP contribution is -2.58. The van der Waals surface area contributed by atoms with Crippen molar-refractivity contribution in [2.45, 2.75) is 44.8 Å². The SMILES string of the molecule is COc1ccc2c(c1)OC1(CCN(C(=O)C(C(C)C)N3C(=O)c4ccccc4C3=O)CC1)CC2=O. The Hall–Kier alpha value is -3.68. The number of ketones is 1. The number of nitrogens with zero attached hydrogens (tertiary/aromatic N) is 2. The summed E-state index contributed by atoms with van der Waals surface area (Å²) >= 11 is 0. The molecule has 0 aliphatic carbocycles. The Morgan fingerprint density at radius 3 is 2.17 bits per heavy atom. The van der Waals surface area contributed by atoms with Gasteiger partial charge in [0, 0.05) is 32.0 Å². The highest BCUT2D eigenvalue weighted by atomic mass is 16.5. The zero-order valence-corrected chi connectivity index (χ0v) is 20.1. The van der Waals surface area contributed by atoms with Crippen LogP contribution in [0.2, 0.25) is 0 Å². The van der Waals surface area contributed by atoms with Crippen molar-refractivity contribution in [3.05, 3.63) is 59.2 Å². The first-order chi connectivity index (χ1) is 16.7. The van der Waals surface area contributed by atoms with Crippen molar-refractivity contribution < 1.29 is 28.7 Å². The van der Waals surface area contributed by atoms with Gasteiger partial charge in [-0.25, -0.2) is 0 Å². The van der Waals surface area contributed by atoms with Gasteiger partial charge in [0.25, 0.3) is 11.8 Å². The first kappa shape index (κ1) is 23.1. The second kappa shape index (κ2) is 8.52. The van der Waals surface area contributed by atoms with Crippen LogP contribution in [0.25, 0.3) is 0 Å². The van der Waals surface area contributed by atoms with Gasteiger partial charge in [0.2, 0.25) is 5.91 Å². The van der Waals surface area contributed by atoms with Crippen LogP contribution in [0.15, 0.2) is 42.5 Å². The summed E-state index contributed by atoms with van der Waals surface area (Å²) in [6.07, 6.45) is 1.21. The van der Waals surface area contributed by atoms with Gasteiger partial charge in [0.05, 0.1) is 30.2 Å². The number of amides is 3. The molecular weight excluding hydrogens is 448 g/mol. The Labute approximate surface area is 203 Å². The summed E-state index contributed by atoms with van der Waals surface area (Å²) in [5, 5.41) is 0. The number of hydrogen-bond acceptors (Lipinski definition) is 6. The number of ether oxygens (including phenoxy) is 2. The third-order valence-corrected chi connectivity index (χ3v) is 7.27. The molecule has 0 radical (unpaired) electrons. The quantitative estimate of drug-likeness (QED) is 0.629. The molecule has 0 saturated carbocycles. The molecule has 2 aromatic carbocycles. The molecule has 8 heteroatoms. The molecule has 182 valence electrons. The molecule has 0 bridgehead atoms. The minimum absolute atomic E-state index is 0.0137. The Morgan fingerprint density at radius 1 is 0.971 bits per heavy atom. The monoisotopic (exact) mass is 476 g/mol. The Bertz CT molecular complexity index is 1190. The number of methoxy groups -OCH3 is 1. The molecule has 3 heterocycles. The van der Waals surface area contributed by atoms with E-state index in [2.05, 4.69) is 0 Å². The van der Waals surface area contributed by atoms with Crippen molar-refractivity contribution in [1.82, 2.24) is 9.80 Å². The maximum Gasteiger partial charge on any atom is 0.262 e. The highest BCUT2D eigenvalue weighted by molar-refractivity contribution is 6.22. The van der Waals surface area contributed by atoms with Gasteiger partial charge in [-0.2, -0.15) is 0 Å². The molecule has 8 nitrogen and oxygen atoms in total. The number of fused-ring (bicyclic) bond motifs is 2. The van der Waals surface area contributed by atoms with Gasteiger partial charge in [0.1, 0.15) is 23.1 Å². The highest BCUT2D eigenvalue weighted by Gasteiger charge is 2.48. The normalized spacial score (nSPS) is 19.5. The van der Waals surface area contributed by atoms with Crippen LogP contribution < -0.4 is 9.47 Å². The van der Waals surface area contributed by atoms with Crippen LogP contribution >= 0.6 is 0 Å². The molecule has 1 saturated heterocycles. The number of carbonyl (C=O) groups excluding carboxylic acids is 4. The summed E-state index contributed by atoms with van der Waals surface area (Å²) in [5.41, 5.74) is 0.518. The lowest BCUT2D eigenvalue weighted by atomic mass is 9.82. The van der Waals surface area contributed by atoms with Gasteiger partial charge in [-0.1, -0.05) is 26.0 Å². The van der Waals surface area contributed by atoms with Gasteiger partial charge < -0.3 is 14.4 Å². The maximum atomic E-state index is 13.6. The van der Waals surface area contributed by atoms with Gasteiger partial charge in [-0.15, -0.1) is 0 Å². The largest absolute Gasteiger partial charge is 0.497 e. The number of benzene rings is 2. The number of hydrogen-bond donors (Lipinski definition) is 0. The average Bonchev–Trinajstić information content (AvgIpc) is 3.09. The van der Waals surface area contributed by atoms with Gasteiger partial charge in [-0.3, -0.25) is 24.1 Å². The molecule has 1 atom stereocenters. The van der Waals surface area contributed by atoms with Crippen LogP contribution in [0.5, 0.6) is 11.5 Å². The standard InChI is InChI=1S/C27H28N2O6/c1-16(2)23(29-24(31)18-6-4-5-7-19(18)25(29)32)26(33)28-12-10-27(11-13-28)15-21(30)20-9-8-17(34-3)14-22(20)35-27/h4-9,14,16,23H,10-13,15H2,1-3H3. The molecule has 0 aromatic heterocycles. The molecule has 1 spiro atoms. The van der Waals surface area contributed by atoms with E-state index in [0.717, 1.165) is 4.90 Å². The van der Waals surface area contributed by atoms with E-state index in [-0.39, 0.29) is 24.0 Å². The van der Waals surface area contributed by atoms with Crippen molar-refractivity contribution in [2.75, 3.05) is 20.2 Å². The fourth-order valence-corrected chi connectivity index (χ4v) is 5.36. The molecule has 5 rings (SSSR count). The van der Waals surface area contributed by atoms with Crippen LogP contribution in [-0.2, 0) is 4.79 Å². The maximum absolute atomic E-state index is 13.6. The molecule has 0 N–H and O–H groups in total. The van der Waals surface area contributed by atoms with Crippen LogP contribution in [0, 0.1) is 5.92 Å². The third kappa shape index (κ3) is 3.77. The summed E-state index contributed by atoms with van der Waals surface area (Å²) in [7, 11) is 1.56. The first-order valence-corrected chi connectivity index (χ1v) is 11.9. The number of piperidine rings is 1. The van der Waals surface area contributed by atoms with E-state index in [9.17, 15) is 19.2 Å². The minimum Gasteiger partial charge on any atom is -0.497 e. The summed E-state index contributed by atoms with van der Waals surface area (Å²) in [6, 6.07) is 10.9. The van der Waals surface area contributed by atoms with Crippen molar-refractivity contribution in [3.8, 4) is 11.5 Å². The summed E-state index contributed by atoms with van der Waals surface area (Å²) in [5.74, 6) is -0.245. The van der Waals surface area contributed by atoms with Crippen molar-refractivity contribution in [1.29, 1.82) is 0 Å². The molecule has 35 heavy (non-hydrogen) atoms. The summed E-state index contributed by atoms with van der Waals surface area (Å²) in [4.78, 5) is 55.4. The molecule has 3 aliphatic rings. The molecule has 1 fully saturated rings. The topological polar surface area (TPSA) is 93.2 Å². The number of imide groups is 1. The molecule has 1 unspecified atom stereocenters. The lowest BCUT2D eigenvalue weighted by Gasteiger charge is -2.45. The van der Waals surface area contributed by atoms with Gasteiger partial charge in [-0.05, 0) is 30.2 Å². The number of Topliss-reactive ketones (excluding diaryl/α,β-unsaturated/α-hetero) is 1. The smallest absolute Gasteiger partial charge is 0.262 e. The molecule has 3 amide bonds. The summed E-state index contributed by atoms with van der Waals surface area (Å²) < 4.78 is 11.6. The van der Waals surface area contributed by atoms with Gasteiger partial charge in [0.15, 0.2) is 5.78 Å². The Kier molecular flexibility index (Phi) is 5.62. The second-order valence-electron chi connectivity index (χ2n) is 9.79. The van der Waals surface area contributed by atoms with Crippen LogP contribution in [0.4, 0.5) is 0 Å². The molecular formula is C27H28N2O6. The zero-order chi connectivity index (χ0) is 24.9. The van der Waals surface area contributed by atoms with Gasteiger partial charge >= 0.3 is 0 Å². The van der Waals surface area contributed by atoms with E-state index in [1.54, 1.807) is 54.5 Å². The fraction of sp³-hybridized carbons (Fsp3) is 0.407. The van der Waals surface area contributed by atoms with E-state index in [1.807, 2.05) is 13.8 Å². The average molecular weight is 477 g/mol. The van der Waals surface area contributed by atoms with Crippen molar-refractivity contribution in [2.24, 2.45) is 5.92 Å². The Balaban J connectivity index is 1.33. The number of carbonyl (C=O) groups is 4. The van der Waals surface area contributed by atoms with Crippen LogP contribution in [0.3, 0.4) is 0 Å². The second-order valence-corrected chi connectivity index (χ2v) is 9.79. The zero-order valence-electron chi connectivity index (χ0n) is 20.1. The minimum atomic E-state index is -0.893. The first-order valence-electron chi connectivity index (χ1n) is 11.9. The van der Waals surface area contributed by atoms with E-state index in [1.165, 1.54) is 0 Å². The molecule has 2 aromatic rings. The Morgan fingerprint density at radius 2 is 1.60 bits per heavy atom. The fourth-order valence-electron chi connectivity index (χ4n) is 5.36. The summed E-state index contributed by atoms with van der Waals surface area (Å²) in [6.45, 7) is 4.42. The van der Waals surface area contributed by atoms with Crippen molar-refractivity contribution >= 4 is 23.5 Å². The predicted octanol–water partition coefficient (Wildman–Crippen LogP) is 3.34. The highest BCUT2D eigenvalue weighted by Crippen LogP contribution is 2.41. The van der Waals surface area contributed by atoms with E-state index in [4.69, 9.17) is 9.47 Å². The number of rotatable bonds is 4. The van der Waals surface area contributed by atoms with Crippen LogP contribution in [-0.4, -0.2) is 65.1 Å². The van der Waals surface area contributed by atoms with E-state index < -0.39 is 23.5 Å². The number of likely N-dealkylation sites (tertiary alicyclic amines) is 1. The predicted molar refractivity (Wildman–Crippen MR) is 127 cm³/mol. The van der Waals surface area contributed by atoms with Crippen LogP contribution in [0.1, 0.15) is 64.2 Å². The van der Waals surface area contributed by atoms with E-state index >= 15 is 0 Å².